The van der Waals surface area contributed by atoms with E-state index in [1.54, 1.807) is 18.3 Å². The Morgan fingerprint density at radius 3 is 2.57 bits per heavy atom. The fourth-order valence-electron chi connectivity index (χ4n) is 2.23. The molecule has 120 valence electrons. The van der Waals surface area contributed by atoms with Crippen molar-refractivity contribution in [3.8, 4) is 0 Å². The van der Waals surface area contributed by atoms with Crippen LogP contribution >= 0.6 is 0 Å². The fraction of sp³-hybridized carbons (Fsp3) is 0.263. The van der Waals surface area contributed by atoms with E-state index in [4.69, 9.17) is 0 Å². The second kappa shape index (κ2) is 8.13. The van der Waals surface area contributed by atoms with E-state index in [1.807, 2.05) is 55.1 Å². The molecule has 0 radical (unpaired) electrons. The quantitative estimate of drug-likeness (QED) is 0.793. The van der Waals surface area contributed by atoms with Crippen LogP contribution in [0.4, 0.5) is 5.69 Å². The van der Waals surface area contributed by atoms with Crippen LogP contribution < -0.4 is 5.32 Å². The molecule has 0 aliphatic carbocycles. The van der Waals surface area contributed by atoms with Gasteiger partial charge in [0.05, 0.1) is 11.9 Å². The Balaban J connectivity index is 2.12. The minimum Gasteiger partial charge on any atom is -0.380 e. The molecule has 0 aliphatic rings. The average Bonchev–Trinajstić information content (AvgIpc) is 2.58. The Morgan fingerprint density at radius 1 is 1.26 bits per heavy atom. The third kappa shape index (κ3) is 4.68. The fourth-order valence-corrected chi connectivity index (χ4v) is 2.23. The summed E-state index contributed by atoms with van der Waals surface area (Å²) in [7, 11) is 0. The van der Waals surface area contributed by atoms with Crippen LogP contribution in [0, 0.1) is 0 Å². The van der Waals surface area contributed by atoms with E-state index in [9.17, 15) is 4.79 Å². The Kier molecular flexibility index (Phi) is 5.92. The Morgan fingerprint density at radius 2 is 2.00 bits per heavy atom. The van der Waals surface area contributed by atoms with Crippen molar-refractivity contribution in [2.24, 2.45) is 0 Å². The van der Waals surface area contributed by atoms with Gasteiger partial charge < -0.3 is 10.2 Å². The van der Waals surface area contributed by atoms with Gasteiger partial charge in [-0.25, -0.2) is 4.98 Å². The zero-order chi connectivity index (χ0) is 16.7. The second-order valence-electron chi connectivity index (χ2n) is 5.61. The third-order valence-corrected chi connectivity index (χ3v) is 3.51. The molecule has 4 heteroatoms. The van der Waals surface area contributed by atoms with Gasteiger partial charge in [0.15, 0.2) is 0 Å². The van der Waals surface area contributed by atoms with E-state index in [-0.39, 0.29) is 11.9 Å². The maximum absolute atomic E-state index is 12.7. The summed E-state index contributed by atoms with van der Waals surface area (Å²) in [5, 5.41) is 3.15. The molecule has 2 aromatic rings. The molecule has 1 amide bonds. The van der Waals surface area contributed by atoms with E-state index in [1.165, 1.54) is 0 Å². The van der Waals surface area contributed by atoms with Crippen molar-refractivity contribution in [3.05, 3.63) is 72.6 Å². The maximum atomic E-state index is 12.7. The number of hydrogen-bond acceptors (Lipinski definition) is 3. The lowest BCUT2D eigenvalue weighted by atomic mass is 10.1. The first-order valence-electron chi connectivity index (χ1n) is 7.77. The Hall–Kier alpha value is -2.62. The van der Waals surface area contributed by atoms with E-state index in [0.29, 0.717) is 18.8 Å². The van der Waals surface area contributed by atoms with Crippen molar-refractivity contribution >= 4 is 11.6 Å². The Bertz CT molecular complexity index is 635. The van der Waals surface area contributed by atoms with Gasteiger partial charge in [-0.1, -0.05) is 36.4 Å². The van der Waals surface area contributed by atoms with E-state index < -0.39 is 0 Å². The SMILES string of the molecule is C=CCNc1ccc(C(=O)N(Cc2ccccc2)C(C)C)nc1. The van der Waals surface area contributed by atoms with Gasteiger partial charge in [0.1, 0.15) is 5.69 Å². The molecule has 0 spiro atoms. The summed E-state index contributed by atoms with van der Waals surface area (Å²) in [6, 6.07) is 13.7. The molecule has 1 heterocycles. The number of carbonyl (C=O) groups excluding carboxylic acids is 1. The summed E-state index contributed by atoms with van der Waals surface area (Å²) >= 11 is 0. The molecule has 1 aromatic heterocycles. The van der Waals surface area contributed by atoms with Gasteiger partial charge in [-0.05, 0) is 31.5 Å². The molecule has 1 N–H and O–H groups in total. The van der Waals surface area contributed by atoms with Crippen molar-refractivity contribution in [2.45, 2.75) is 26.4 Å². The van der Waals surface area contributed by atoms with Crippen LogP contribution in [0.25, 0.3) is 0 Å². The van der Waals surface area contributed by atoms with Gasteiger partial charge in [-0.3, -0.25) is 4.79 Å². The van der Waals surface area contributed by atoms with Crippen molar-refractivity contribution in [1.29, 1.82) is 0 Å². The molecule has 0 saturated heterocycles. The van der Waals surface area contributed by atoms with Crippen LogP contribution in [0.3, 0.4) is 0 Å². The molecule has 0 bridgehead atoms. The molecule has 0 saturated carbocycles. The second-order valence-corrected chi connectivity index (χ2v) is 5.61. The lowest BCUT2D eigenvalue weighted by Crippen LogP contribution is -2.36. The van der Waals surface area contributed by atoms with Crippen molar-refractivity contribution < 1.29 is 4.79 Å². The number of benzene rings is 1. The van der Waals surface area contributed by atoms with E-state index in [0.717, 1.165) is 11.3 Å². The standard InChI is InChI=1S/C19H23N3O/c1-4-12-20-17-10-11-18(21-13-17)19(23)22(15(2)3)14-16-8-6-5-7-9-16/h4-11,13,15,20H,1,12,14H2,2-3H3. The monoisotopic (exact) mass is 309 g/mol. The highest BCUT2D eigenvalue weighted by Crippen LogP contribution is 2.14. The maximum Gasteiger partial charge on any atom is 0.272 e. The van der Waals surface area contributed by atoms with Gasteiger partial charge in [-0.15, -0.1) is 6.58 Å². The number of carbonyl (C=O) groups is 1. The zero-order valence-electron chi connectivity index (χ0n) is 13.7. The van der Waals surface area contributed by atoms with Crippen molar-refractivity contribution in [3.63, 3.8) is 0 Å². The summed E-state index contributed by atoms with van der Waals surface area (Å²) in [4.78, 5) is 18.9. The number of nitrogens with zero attached hydrogens (tertiary/aromatic N) is 2. The minimum atomic E-state index is -0.0564. The van der Waals surface area contributed by atoms with Gasteiger partial charge in [0, 0.05) is 19.1 Å². The van der Waals surface area contributed by atoms with Gasteiger partial charge >= 0.3 is 0 Å². The number of amides is 1. The zero-order valence-corrected chi connectivity index (χ0v) is 13.7. The molecular weight excluding hydrogens is 286 g/mol. The van der Waals surface area contributed by atoms with Crippen LogP contribution in [0.1, 0.15) is 29.9 Å². The highest BCUT2D eigenvalue weighted by Gasteiger charge is 2.20. The number of nitrogens with one attached hydrogen (secondary N) is 1. The normalized spacial score (nSPS) is 10.4. The van der Waals surface area contributed by atoms with Crippen molar-refractivity contribution in [1.82, 2.24) is 9.88 Å². The Labute approximate surface area is 137 Å². The molecule has 0 unspecified atom stereocenters. The molecular formula is C19H23N3O. The van der Waals surface area contributed by atoms with E-state index >= 15 is 0 Å². The number of hydrogen-bond donors (Lipinski definition) is 1. The number of rotatable bonds is 7. The highest BCUT2D eigenvalue weighted by atomic mass is 16.2. The van der Waals surface area contributed by atoms with Crippen LogP contribution in [-0.2, 0) is 6.54 Å². The summed E-state index contributed by atoms with van der Waals surface area (Å²) in [6.45, 7) is 8.94. The number of pyridine rings is 1. The smallest absolute Gasteiger partial charge is 0.272 e. The topological polar surface area (TPSA) is 45.2 Å². The highest BCUT2D eigenvalue weighted by molar-refractivity contribution is 5.92. The minimum absolute atomic E-state index is 0.0564. The molecule has 1 aromatic carbocycles. The number of aromatic nitrogens is 1. The average molecular weight is 309 g/mol. The number of anilines is 1. The van der Waals surface area contributed by atoms with Crippen LogP contribution in [0.2, 0.25) is 0 Å². The van der Waals surface area contributed by atoms with Gasteiger partial charge in [-0.2, -0.15) is 0 Å². The summed E-state index contributed by atoms with van der Waals surface area (Å²) in [5.41, 5.74) is 2.44. The lowest BCUT2D eigenvalue weighted by Gasteiger charge is -2.26. The van der Waals surface area contributed by atoms with Crippen LogP contribution in [0.5, 0.6) is 0 Å². The molecule has 0 atom stereocenters. The van der Waals surface area contributed by atoms with Crippen LogP contribution in [0.15, 0.2) is 61.3 Å². The summed E-state index contributed by atoms with van der Waals surface area (Å²) in [6.07, 6.45) is 3.46. The summed E-state index contributed by atoms with van der Waals surface area (Å²) in [5.74, 6) is -0.0564. The first kappa shape index (κ1) is 16.7. The largest absolute Gasteiger partial charge is 0.380 e. The molecule has 0 aliphatic heterocycles. The predicted molar refractivity (Wildman–Crippen MR) is 94.4 cm³/mol. The first-order valence-corrected chi connectivity index (χ1v) is 7.77. The molecule has 4 nitrogen and oxygen atoms in total. The molecule has 23 heavy (non-hydrogen) atoms. The third-order valence-electron chi connectivity index (χ3n) is 3.51. The van der Waals surface area contributed by atoms with Crippen molar-refractivity contribution in [2.75, 3.05) is 11.9 Å². The first-order chi connectivity index (χ1) is 11.1. The molecule has 2 rings (SSSR count). The summed E-state index contributed by atoms with van der Waals surface area (Å²) < 4.78 is 0. The van der Waals surface area contributed by atoms with Crippen LogP contribution in [-0.4, -0.2) is 28.4 Å². The lowest BCUT2D eigenvalue weighted by molar-refractivity contribution is 0.0684. The predicted octanol–water partition coefficient (Wildman–Crippen LogP) is 3.73. The van der Waals surface area contributed by atoms with Gasteiger partial charge in [0.2, 0.25) is 0 Å². The van der Waals surface area contributed by atoms with E-state index in [2.05, 4.69) is 16.9 Å². The molecule has 0 fully saturated rings. The van der Waals surface area contributed by atoms with Gasteiger partial charge in [0.25, 0.3) is 5.91 Å².